The van der Waals surface area contributed by atoms with Crippen molar-refractivity contribution in [1.82, 2.24) is 0 Å². The molecule has 1 aromatic rings. The van der Waals surface area contributed by atoms with Crippen molar-refractivity contribution in [3.05, 3.63) is 34.9 Å². The molecule has 0 aliphatic heterocycles. The van der Waals surface area contributed by atoms with Gasteiger partial charge in [0.1, 0.15) is 0 Å². The molecule has 1 atom stereocenters. The third-order valence-corrected chi connectivity index (χ3v) is 2.24. The molecule has 0 heterocycles. The third kappa shape index (κ3) is 2.52. The summed E-state index contributed by atoms with van der Waals surface area (Å²) in [6, 6.07) is 5.92. The van der Waals surface area contributed by atoms with Crippen LogP contribution in [0.2, 0.25) is 0 Å². The van der Waals surface area contributed by atoms with Crippen LogP contribution >= 0.6 is 0 Å². The number of rotatable bonds is 3. The summed E-state index contributed by atoms with van der Waals surface area (Å²) in [6.07, 6.45) is 0.407. The third-order valence-electron chi connectivity index (χ3n) is 2.24. The molecular formula is C11H16FN. The van der Waals surface area contributed by atoms with Gasteiger partial charge in [0.05, 0.1) is 6.67 Å². The Balaban J connectivity index is 2.88. The Morgan fingerprint density at radius 3 is 2.62 bits per heavy atom. The van der Waals surface area contributed by atoms with Crippen LogP contribution in [0.3, 0.4) is 0 Å². The van der Waals surface area contributed by atoms with Gasteiger partial charge >= 0.3 is 0 Å². The normalized spacial score (nSPS) is 12.9. The minimum Gasteiger partial charge on any atom is -0.324 e. The lowest BCUT2D eigenvalue weighted by molar-refractivity contribution is 0.441. The molecule has 0 unspecified atom stereocenters. The number of nitrogens with two attached hydrogens (primary N) is 1. The zero-order valence-corrected chi connectivity index (χ0v) is 8.18. The maximum absolute atomic E-state index is 12.1. The van der Waals surface area contributed by atoms with Crippen LogP contribution in [-0.4, -0.2) is 6.67 Å². The van der Waals surface area contributed by atoms with Gasteiger partial charge in [-0.25, -0.2) is 0 Å². The van der Waals surface area contributed by atoms with Crippen LogP contribution in [0.15, 0.2) is 18.2 Å². The highest BCUT2D eigenvalue weighted by Gasteiger charge is 2.07. The second-order valence-corrected chi connectivity index (χ2v) is 3.44. The molecule has 1 rings (SSSR count). The van der Waals surface area contributed by atoms with Crippen molar-refractivity contribution < 1.29 is 4.39 Å². The lowest BCUT2D eigenvalue weighted by Gasteiger charge is -2.13. The monoisotopic (exact) mass is 181 g/mol. The van der Waals surface area contributed by atoms with E-state index in [1.54, 1.807) is 0 Å². The molecule has 0 aliphatic carbocycles. The lowest BCUT2D eigenvalue weighted by atomic mass is 9.98. The smallest absolute Gasteiger partial charge is 0.0912 e. The average molecular weight is 181 g/mol. The van der Waals surface area contributed by atoms with Gasteiger partial charge in [-0.15, -0.1) is 0 Å². The van der Waals surface area contributed by atoms with Crippen LogP contribution in [0.5, 0.6) is 0 Å². The van der Waals surface area contributed by atoms with E-state index < -0.39 is 0 Å². The molecule has 1 aromatic carbocycles. The highest BCUT2D eigenvalue weighted by Crippen LogP contribution is 2.19. The van der Waals surface area contributed by atoms with Crippen LogP contribution in [0.25, 0.3) is 0 Å². The Bertz CT molecular complexity index is 283. The van der Waals surface area contributed by atoms with Crippen LogP contribution in [-0.2, 0) is 0 Å². The van der Waals surface area contributed by atoms with E-state index in [-0.39, 0.29) is 12.7 Å². The molecule has 1 nitrogen and oxygen atoms in total. The molecule has 13 heavy (non-hydrogen) atoms. The van der Waals surface area contributed by atoms with Crippen molar-refractivity contribution >= 4 is 0 Å². The number of hydrogen-bond donors (Lipinski definition) is 1. The molecule has 72 valence electrons. The van der Waals surface area contributed by atoms with Crippen molar-refractivity contribution in [3.8, 4) is 0 Å². The number of alkyl halides is 1. The van der Waals surface area contributed by atoms with Gasteiger partial charge in [-0.3, -0.25) is 4.39 Å². The molecule has 0 aromatic heterocycles. The molecule has 0 amide bonds. The summed E-state index contributed by atoms with van der Waals surface area (Å²) >= 11 is 0. The van der Waals surface area contributed by atoms with Crippen molar-refractivity contribution in [3.63, 3.8) is 0 Å². The van der Waals surface area contributed by atoms with Gasteiger partial charge in [0.15, 0.2) is 0 Å². The van der Waals surface area contributed by atoms with Crippen LogP contribution in [0.1, 0.15) is 29.2 Å². The maximum Gasteiger partial charge on any atom is 0.0912 e. The van der Waals surface area contributed by atoms with Gasteiger partial charge in [0.25, 0.3) is 0 Å². The standard InChI is InChI=1S/C11H16FN/c1-8-3-4-10(9(2)7-8)11(13)5-6-12/h3-4,7,11H,5-6,13H2,1-2H3/t11-/m1/s1. The summed E-state index contributed by atoms with van der Waals surface area (Å²) in [6.45, 7) is 3.70. The zero-order valence-electron chi connectivity index (χ0n) is 8.18. The van der Waals surface area contributed by atoms with Gasteiger partial charge in [-0.1, -0.05) is 23.8 Å². The number of aryl methyl sites for hydroxylation is 2. The maximum atomic E-state index is 12.1. The fourth-order valence-electron chi connectivity index (χ4n) is 1.51. The Morgan fingerprint density at radius 2 is 2.08 bits per heavy atom. The van der Waals surface area contributed by atoms with Gasteiger partial charge in [0, 0.05) is 6.04 Å². The summed E-state index contributed by atoms with van der Waals surface area (Å²) in [4.78, 5) is 0. The van der Waals surface area contributed by atoms with E-state index in [2.05, 4.69) is 6.07 Å². The summed E-state index contributed by atoms with van der Waals surface area (Å²) in [5.74, 6) is 0. The van der Waals surface area contributed by atoms with E-state index in [1.165, 1.54) is 5.56 Å². The van der Waals surface area contributed by atoms with Gasteiger partial charge in [-0.2, -0.15) is 0 Å². The van der Waals surface area contributed by atoms with Gasteiger partial charge < -0.3 is 5.73 Å². The Morgan fingerprint density at radius 1 is 1.38 bits per heavy atom. The molecule has 0 bridgehead atoms. The van der Waals surface area contributed by atoms with Crippen molar-refractivity contribution in [2.24, 2.45) is 5.73 Å². The molecule has 0 saturated carbocycles. The molecule has 0 fully saturated rings. The first-order chi connectivity index (χ1) is 6.15. The first-order valence-corrected chi connectivity index (χ1v) is 4.54. The molecule has 2 N–H and O–H groups in total. The van der Waals surface area contributed by atoms with Crippen LogP contribution in [0.4, 0.5) is 4.39 Å². The minimum atomic E-state index is -0.353. The van der Waals surface area contributed by atoms with Crippen LogP contribution in [0, 0.1) is 13.8 Å². The number of benzene rings is 1. The molecule has 0 aliphatic rings. The van der Waals surface area contributed by atoms with Crippen LogP contribution < -0.4 is 5.73 Å². The molecular weight excluding hydrogens is 165 g/mol. The highest BCUT2D eigenvalue weighted by atomic mass is 19.1. The second kappa shape index (κ2) is 4.38. The van der Waals surface area contributed by atoms with E-state index >= 15 is 0 Å². The fourth-order valence-corrected chi connectivity index (χ4v) is 1.51. The second-order valence-electron chi connectivity index (χ2n) is 3.44. The van der Waals surface area contributed by atoms with E-state index in [9.17, 15) is 4.39 Å². The first-order valence-electron chi connectivity index (χ1n) is 4.54. The Hall–Kier alpha value is -0.890. The fraction of sp³-hybridized carbons (Fsp3) is 0.455. The molecule has 0 saturated heterocycles. The SMILES string of the molecule is Cc1ccc([C@H](N)CCF)c(C)c1. The first kappa shape index (κ1) is 10.2. The van der Waals surface area contributed by atoms with E-state index in [0.717, 1.165) is 11.1 Å². The Kier molecular flexibility index (Phi) is 3.43. The Labute approximate surface area is 78.8 Å². The lowest BCUT2D eigenvalue weighted by Crippen LogP contribution is -2.12. The minimum absolute atomic E-state index is 0.161. The van der Waals surface area contributed by atoms with E-state index in [4.69, 9.17) is 5.73 Å². The summed E-state index contributed by atoms with van der Waals surface area (Å²) in [5.41, 5.74) is 9.25. The number of hydrogen-bond acceptors (Lipinski definition) is 1. The topological polar surface area (TPSA) is 26.0 Å². The quantitative estimate of drug-likeness (QED) is 0.762. The summed E-state index contributed by atoms with van der Waals surface area (Å²) in [5, 5.41) is 0. The molecule has 0 spiro atoms. The summed E-state index contributed by atoms with van der Waals surface area (Å²) < 4.78 is 12.1. The largest absolute Gasteiger partial charge is 0.324 e. The van der Waals surface area contributed by atoms with Crippen molar-refractivity contribution in [2.45, 2.75) is 26.3 Å². The summed E-state index contributed by atoms with van der Waals surface area (Å²) in [7, 11) is 0. The predicted octanol–water partition coefficient (Wildman–Crippen LogP) is 2.66. The molecule has 2 heteroatoms. The van der Waals surface area contributed by atoms with Crippen molar-refractivity contribution in [1.29, 1.82) is 0 Å². The predicted molar refractivity (Wildman–Crippen MR) is 53.4 cm³/mol. The van der Waals surface area contributed by atoms with Gasteiger partial charge in [0.2, 0.25) is 0 Å². The van der Waals surface area contributed by atoms with Gasteiger partial charge in [-0.05, 0) is 31.4 Å². The number of halogens is 1. The average Bonchev–Trinajstić information content (AvgIpc) is 2.04. The van der Waals surface area contributed by atoms with Crippen molar-refractivity contribution in [2.75, 3.05) is 6.67 Å². The highest BCUT2D eigenvalue weighted by molar-refractivity contribution is 5.32. The zero-order chi connectivity index (χ0) is 9.84. The molecule has 0 radical (unpaired) electrons. The van der Waals surface area contributed by atoms with E-state index in [1.807, 2.05) is 26.0 Å². The van der Waals surface area contributed by atoms with E-state index in [0.29, 0.717) is 6.42 Å².